The van der Waals surface area contributed by atoms with Gasteiger partial charge in [0.2, 0.25) is 5.91 Å². The highest BCUT2D eigenvalue weighted by Crippen LogP contribution is 2.27. The number of rotatable bonds is 5. The summed E-state index contributed by atoms with van der Waals surface area (Å²) in [7, 11) is 1.66. The minimum Gasteiger partial charge on any atom is -0.497 e. The van der Waals surface area contributed by atoms with Crippen molar-refractivity contribution >= 4 is 17.2 Å². The van der Waals surface area contributed by atoms with E-state index in [9.17, 15) is 4.79 Å². The number of amides is 1. The number of nitrogens with one attached hydrogen (secondary N) is 1. The predicted molar refractivity (Wildman–Crippen MR) is 95.1 cm³/mol. The van der Waals surface area contributed by atoms with Gasteiger partial charge in [-0.05, 0) is 47.5 Å². The first-order valence-corrected chi connectivity index (χ1v) is 8.85. The molecule has 0 unspecified atom stereocenters. The standard InChI is InChI=1S/C18H22N2O3S/c1-22-15-4-2-13(3-5-15)14-10-16(24-12-14)11-20-17(21)18(19)6-8-23-9-7-18/h2-5,10,12H,6-9,11,19H2,1H3,(H,20,21). The van der Waals surface area contributed by atoms with Crippen molar-refractivity contribution in [2.24, 2.45) is 5.73 Å². The topological polar surface area (TPSA) is 73.6 Å². The lowest BCUT2D eigenvalue weighted by Crippen LogP contribution is -2.56. The Hall–Kier alpha value is -1.89. The summed E-state index contributed by atoms with van der Waals surface area (Å²) < 4.78 is 10.5. The number of ether oxygens (including phenoxy) is 2. The first-order valence-electron chi connectivity index (χ1n) is 7.97. The normalized spacial score (nSPS) is 16.6. The first-order chi connectivity index (χ1) is 11.6. The fourth-order valence-corrected chi connectivity index (χ4v) is 3.55. The van der Waals surface area contributed by atoms with E-state index in [1.807, 2.05) is 24.3 Å². The van der Waals surface area contributed by atoms with Crippen molar-refractivity contribution in [3.63, 3.8) is 0 Å². The molecule has 0 bridgehead atoms. The lowest BCUT2D eigenvalue weighted by Gasteiger charge is -2.31. The molecule has 24 heavy (non-hydrogen) atoms. The van der Waals surface area contributed by atoms with Crippen molar-refractivity contribution in [3.05, 3.63) is 40.6 Å². The third-order valence-electron chi connectivity index (χ3n) is 4.34. The van der Waals surface area contributed by atoms with Gasteiger partial charge in [0.15, 0.2) is 0 Å². The van der Waals surface area contributed by atoms with Gasteiger partial charge in [-0.1, -0.05) is 12.1 Å². The van der Waals surface area contributed by atoms with Crippen LogP contribution in [0.4, 0.5) is 0 Å². The molecular weight excluding hydrogens is 324 g/mol. The molecule has 0 radical (unpaired) electrons. The molecule has 1 saturated heterocycles. The minimum atomic E-state index is -0.797. The predicted octanol–water partition coefficient (Wildman–Crippen LogP) is 2.55. The fraction of sp³-hybridized carbons (Fsp3) is 0.389. The third-order valence-corrected chi connectivity index (χ3v) is 5.27. The highest BCUT2D eigenvalue weighted by Gasteiger charge is 2.35. The Balaban J connectivity index is 1.60. The highest BCUT2D eigenvalue weighted by molar-refractivity contribution is 7.10. The number of carbonyl (C=O) groups excluding carboxylic acids is 1. The summed E-state index contributed by atoms with van der Waals surface area (Å²) in [4.78, 5) is 13.4. The summed E-state index contributed by atoms with van der Waals surface area (Å²) in [5.74, 6) is 0.747. The number of thiophene rings is 1. The Morgan fingerprint density at radius 3 is 2.67 bits per heavy atom. The lowest BCUT2D eigenvalue weighted by atomic mass is 9.90. The number of nitrogens with two attached hydrogens (primary N) is 1. The van der Waals surface area contributed by atoms with Crippen LogP contribution in [0, 0.1) is 0 Å². The van der Waals surface area contributed by atoms with Crippen molar-refractivity contribution in [1.82, 2.24) is 5.32 Å². The van der Waals surface area contributed by atoms with E-state index >= 15 is 0 Å². The van der Waals surface area contributed by atoms with Crippen LogP contribution in [0.5, 0.6) is 5.75 Å². The average molecular weight is 346 g/mol. The Labute approximate surface area is 145 Å². The van der Waals surface area contributed by atoms with Crippen LogP contribution in [0.1, 0.15) is 17.7 Å². The van der Waals surface area contributed by atoms with Gasteiger partial charge in [-0.2, -0.15) is 0 Å². The summed E-state index contributed by atoms with van der Waals surface area (Å²) in [6, 6.07) is 10.0. The van der Waals surface area contributed by atoms with Gasteiger partial charge in [0, 0.05) is 18.1 Å². The van der Waals surface area contributed by atoms with Crippen LogP contribution in [0.3, 0.4) is 0 Å². The summed E-state index contributed by atoms with van der Waals surface area (Å²) >= 11 is 1.63. The molecule has 0 saturated carbocycles. The van der Waals surface area contributed by atoms with Gasteiger partial charge in [-0.25, -0.2) is 0 Å². The van der Waals surface area contributed by atoms with Gasteiger partial charge >= 0.3 is 0 Å². The Morgan fingerprint density at radius 1 is 1.29 bits per heavy atom. The zero-order valence-corrected chi connectivity index (χ0v) is 14.5. The summed E-state index contributed by atoms with van der Waals surface area (Å²) in [6.07, 6.45) is 1.14. The van der Waals surface area contributed by atoms with E-state index in [2.05, 4.69) is 16.8 Å². The van der Waals surface area contributed by atoms with E-state index in [0.717, 1.165) is 21.8 Å². The zero-order chi connectivity index (χ0) is 17.0. The summed E-state index contributed by atoms with van der Waals surface area (Å²) in [5.41, 5.74) is 7.66. The van der Waals surface area contributed by atoms with Crippen LogP contribution in [0.15, 0.2) is 35.7 Å². The van der Waals surface area contributed by atoms with Crippen LogP contribution >= 0.6 is 11.3 Å². The smallest absolute Gasteiger partial charge is 0.240 e. The van der Waals surface area contributed by atoms with Crippen LogP contribution in [0.25, 0.3) is 11.1 Å². The summed E-state index contributed by atoms with van der Waals surface area (Å²) in [5, 5.41) is 5.06. The number of carbonyl (C=O) groups is 1. The van der Waals surface area contributed by atoms with Crippen molar-refractivity contribution in [1.29, 1.82) is 0 Å². The number of benzene rings is 1. The van der Waals surface area contributed by atoms with Crippen molar-refractivity contribution in [2.45, 2.75) is 24.9 Å². The molecule has 0 aliphatic carbocycles. The molecule has 1 aromatic heterocycles. The molecule has 1 aliphatic rings. The van der Waals surface area contributed by atoms with Crippen molar-refractivity contribution in [3.8, 4) is 16.9 Å². The van der Waals surface area contributed by atoms with E-state index in [-0.39, 0.29) is 5.91 Å². The van der Waals surface area contributed by atoms with E-state index < -0.39 is 5.54 Å². The monoisotopic (exact) mass is 346 g/mol. The number of hydrogen-bond donors (Lipinski definition) is 2. The molecule has 0 spiro atoms. The van der Waals surface area contributed by atoms with Crippen molar-refractivity contribution < 1.29 is 14.3 Å². The Bertz CT molecular complexity index is 691. The second-order valence-corrected chi connectivity index (χ2v) is 6.98. The molecule has 6 heteroatoms. The van der Waals surface area contributed by atoms with E-state index in [0.29, 0.717) is 32.6 Å². The maximum atomic E-state index is 12.3. The second kappa shape index (κ2) is 7.34. The van der Waals surface area contributed by atoms with Crippen LogP contribution in [0.2, 0.25) is 0 Å². The van der Waals surface area contributed by atoms with E-state index in [1.54, 1.807) is 18.4 Å². The van der Waals surface area contributed by atoms with Crippen LogP contribution in [-0.2, 0) is 16.1 Å². The second-order valence-electron chi connectivity index (χ2n) is 5.98. The maximum Gasteiger partial charge on any atom is 0.240 e. The largest absolute Gasteiger partial charge is 0.497 e. The molecule has 1 amide bonds. The molecule has 1 aliphatic heterocycles. The molecule has 0 atom stereocenters. The number of hydrogen-bond acceptors (Lipinski definition) is 5. The average Bonchev–Trinajstić information content (AvgIpc) is 3.09. The minimum absolute atomic E-state index is 0.0924. The van der Waals surface area contributed by atoms with Gasteiger partial charge < -0.3 is 20.5 Å². The van der Waals surface area contributed by atoms with E-state index in [1.165, 1.54) is 0 Å². The molecular formula is C18H22N2O3S. The third kappa shape index (κ3) is 3.77. The van der Waals surface area contributed by atoms with Gasteiger partial charge in [-0.3, -0.25) is 4.79 Å². The van der Waals surface area contributed by atoms with Gasteiger partial charge in [0.25, 0.3) is 0 Å². The Morgan fingerprint density at radius 2 is 2.00 bits per heavy atom. The zero-order valence-electron chi connectivity index (χ0n) is 13.7. The molecule has 1 aromatic carbocycles. The van der Waals surface area contributed by atoms with Crippen LogP contribution in [-0.4, -0.2) is 31.8 Å². The molecule has 2 heterocycles. The lowest BCUT2D eigenvalue weighted by molar-refractivity contribution is -0.129. The molecule has 1 fully saturated rings. The Kier molecular flexibility index (Phi) is 5.18. The molecule has 2 aromatic rings. The van der Waals surface area contributed by atoms with Crippen LogP contribution < -0.4 is 15.8 Å². The SMILES string of the molecule is COc1ccc(-c2csc(CNC(=O)C3(N)CCOCC3)c2)cc1. The highest BCUT2D eigenvalue weighted by atomic mass is 32.1. The van der Waals surface area contributed by atoms with Gasteiger partial charge in [0.05, 0.1) is 19.2 Å². The maximum absolute atomic E-state index is 12.3. The molecule has 128 valence electrons. The van der Waals surface area contributed by atoms with E-state index in [4.69, 9.17) is 15.2 Å². The van der Waals surface area contributed by atoms with Gasteiger partial charge in [-0.15, -0.1) is 11.3 Å². The van der Waals surface area contributed by atoms with Crippen molar-refractivity contribution in [2.75, 3.05) is 20.3 Å². The van der Waals surface area contributed by atoms with Gasteiger partial charge in [0.1, 0.15) is 5.75 Å². The molecule has 3 N–H and O–H groups in total. The molecule has 5 nitrogen and oxygen atoms in total. The molecule has 3 rings (SSSR count). The first kappa shape index (κ1) is 17.0. The number of methoxy groups -OCH3 is 1. The quantitative estimate of drug-likeness (QED) is 0.873. The summed E-state index contributed by atoms with van der Waals surface area (Å²) in [6.45, 7) is 1.59. The fourth-order valence-electron chi connectivity index (χ4n) is 2.71.